The lowest BCUT2D eigenvalue weighted by molar-refractivity contribution is -0.107. The lowest BCUT2D eigenvalue weighted by Gasteiger charge is -2.14. The van der Waals surface area contributed by atoms with Gasteiger partial charge in [0.25, 0.3) is 0 Å². The van der Waals surface area contributed by atoms with E-state index in [1.54, 1.807) is 0 Å². The van der Waals surface area contributed by atoms with Crippen LogP contribution in [0.2, 0.25) is 0 Å². The Labute approximate surface area is 87.4 Å². The highest BCUT2D eigenvalue weighted by atomic mass is 32.2. The average Bonchev–Trinajstić information content (AvgIpc) is 2.18. The smallest absolute Gasteiger partial charge is 0.246 e. The lowest BCUT2D eigenvalue weighted by atomic mass is 10.4. The van der Waals surface area contributed by atoms with Crippen molar-refractivity contribution in [1.82, 2.24) is 4.31 Å². The van der Waals surface area contributed by atoms with E-state index in [4.69, 9.17) is 0 Å². The Kier molecular flexibility index (Phi) is 3.54. The number of hydrogen-bond donors (Lipinski definition) is 0. The SMILES string of the molecule is CN(CC=O)S(=O)(=O)c1ccccc1F. The molecule has 0 atom stereocenters. The first-order valence-corrected chi connectivity index (χ1v) is 5.58. The van der Waals surface area contributed by atoms with Crippen LogP contribution < -0.4 is 0 Å². The summed E-state index contributed by atoms with van der Waals surface area (Å²) in [5.74, 6) is -0.824. The molecule has 4 nitrogen and oxygen atoms in total. The zero-order valence-electron chi connectivity index (χ0n) is 8.05. The minimum absolute atomic E-state index is 0.295. The zero-order valence-corrected chi connectivity index (χ0v) is 8.87. The fraction of sp³-hybridized carbons (Fsp3) is 0.222. The third kappa shape index (κ3) is 2.40. The summed E-state index contributed by atoms with van der Waals surface area (Å²) >= 11 is 0. The molecule has 0 bridgehead atoms. The summed E-state index contributed by atoms with van der Waals surface area (Å²) in [4.78, 5) is 9.76. The van der Waals surface area contributed by atoms with Gasteiger partial charge >= 0.3 is 0 Å². The molecule has 0 aromatic heterocycles. The molecule has 0 radical (unpaired) electrons. The maximum absolute atomic E-state index is 13.2. The molecule has 15 heavy (non-hydrogen) atoms. The number of carbonyl (C=O) groups excluding carboxylic acids is 1. The Hall–Kier alpha value is -1.27. The van der Waals surface area contributed by atoms with Crippen LogP contribution in [0.15, 0.2) is 29.2 Å². The topological polar surface area (TPSA) is 54.5 Å². The second-order valence-electron chi connectivity index (χ2n) is 2.88. The van der Waals surface area contributed by atoms with Crippen molar-refractivity contribution < 1.29 is 17.6 Å². The molecule has 82 valence electrons. The second kappa shape index (κ2) is 4.50. The molecule has 0 heterocycles. The minimum atomic E-state index is -3.90. The molecule has 1 aromatic carbocycles. The van der Waals surface area contributed by atoms with Crippen LogP contribution in [-0.2, 0) is 14.8 Å². The van der Waals surface area contributed by atoms with E-state index in [1.807, 2.05) is 0 Å². The fourth-order valence-corrected chi connectivity index (χ4v) is 2.18. The van der Waals surface area contributed by atoms with Crippen LogP contribution in [0.4, 0.5) is 4.39 Å². The molecule has 0 amide bonds. The van der Waals surface area contributed by atoms with Crippen LogP contribution in [-0.4, -0.2) is 32.6 Å². The van der Waals surface area contributed by atoms with Gasteiger partial charge in [-0.2, -0.15) is 4.31 Å². The number of hydrogen-bond acceptors (Lipinski definition) is 3. The van der Waals surface area contributed by atoms with Gasteiger partial charge in [0.05, 0.1) is 6.54 Å². The normalized spacial score (nSPS) is 11.7. The fourth-order valence-electron chi connectivity index (χ4n) is 1.02. The average molecular weight is 231 g/mol. The summed E-state index contributed by atoms with van der Waals surface area (Å²) < 4.78 is 37.3. The molecular weight excluding hydrogens is 221 g/mol. The van der Waals surface area contributed by atoms with Gasteiger partial charge in [-0.05, 0) is 12.1 Å². The van der Waals surface area contributed by atoms with E-state index in [-0.39, 0.29) is 6.54 Å². The third-order valence-electron chi connectivity index (χ3n) is 1.86. The van der Waals surface area contributed by atoms with E-state index < -0.39 is 20.7 Å². The van der Waals surface area contributed by atoms with Crippen LogP contribution in [0.3, 0.4) is 0 Å². The van der Waals surface area contributed by atoms with Crippen molar-refractivity contribution in [3.05, 3.63) is 30.1 Å². The van der Waals surface area contributed by atoms with E-state index in [0.29, 0.717) is 6.29 Å². The molecule has 0 saturated carbocycles. The molecule has 0 spiro atoms. The molecule has 0 aliphatic carbocycles. The summed E-state index contributed by atoms with van der Waals surface area (Å²) in [6.45, 7) is -0.295. The van der Waals surface area contributed by atoms with Crippen LogP contribution in [0.1, 0.15) is 0 Å². The van der Waals surface area contributed by atoms with Crippen molar-refractivity contribution in [2.24, 2.45) is 0 Å². The van der Waals surface area contributed by atoms with E-state index in [0.717, 1.165) is 16.4 Å². The largest absolute Gasteiger partial charge is 0.302 e. The van der Waals surface area contributed by atoms with Crippen LogP contribution in [0.25, 0.3) is 0 Å². The number of rotatable bonds is 4. The summed E-state index contributed by atoms with van der Waals surface area (Å²) in [5, 5.41) is 0. The monoisotopic (exact) mass is 231 g/mol. The van der Waals surface area contributed by atoms with Gasteiger partial charge in [0, 0.05) is 7.05 Å². The second-order valence-corrected chi connectivity index (χ2v) is 4.90. The van der Waals surface area contributed by atoms with Gasteiger partial charge in [0.15, 0.2) is 0 Å². The van der Waals surface area contributed by atoms with Crippen molar-refractivity contribution >= 4 is 16.3 Å². The number of benzene rings is 1. The molecule has 1 aromatic rings. The number of nitrogens with zero attached hydrogens (tertiary/aromatic N) is 1. The van der Waals surface area contributed by atoms with E-state index >= 15 is 0 Å². The highest BCUT2D eigenvalue weighted by molar-refractivity contribution is 7.89. The predicted molar refractivity (Wildman–Crippen MR) is 52.3 cm³/mol. The van der Waals surface area contributed by atoms with E-state index in [9.17, 15) is 17.6 Å². The highest BCUT2D eigenvalue weighted by Gasteiger charge is 2.23. The third-order valence-corrected chi connectivity index (χ3v) is 3.71. The lowest BCUT2D eigenvalue weighted by Crippen LogP contribution is -2.29. The molecular formula is C9H10FNO3S. The highest BCUT2D eigenvalue weighted by Crippen LogP contribution is 2.16. The van der Waals surface area contributed by atoms with Crippen LogP contribution in [0, 0.1) is 5.82 Å². The van der Waals surface area contributed by atoms with Crippen molar-refractivity contribution in [3.8, 4) is 0 Å². The van der Waals surface area contributed by atoms with Crippen molar-refractivity contribution in [1.29, 1.82) is 0 Å². The minimum Gasteiger partial charge on any atom is -0.302 e. The standard InChI is InChI=1S/C9H10FNO3S/c1-11(6-7-12)15(13,14)9-5-3-2-4-8(9)10/h2-5,7H,6H2,1H3. The Morgan fingerprint density at radius 2 is 2.00 bits per heavy atom. The number of aldehydes is 1. The van der Waals surface area contributed by atoms with E-state index in [1.165, 1.54) is 19.2 Å². The van der Waals surface area contributed by atoms with Gasteiger partial charge in [0.1, 0.15) is 17.0 Å². The molecule has 0 aliphatic rings. The number of halogens is 1. The maximum atomic E-state index is 13.2. The van der Waals surface area contributed by atoms with E-state index in [2.05, 4.69) is 0 Å². The number of carbonyl (C=O) groups is 1. The molecule has 0 unspecified atom stereocenters. The zero-order chi connectivity index (χ0) is 11.5. The molecule has 0 N–H and O–H groups in total. The van der Waals surface area contributed by atoms with Gasteiger partial charge in [-0.25, -0.2) is 12.8 Å². The first-order chi connectivity index (χ1) is 7.00. The van der Waals surface area contributed by atoms with Gasteiger partial charge in [-0.1, -0.05) is 12.1 Å². The Morgan fingerprint density at radius 1 is 1.40 bits per heavy atom. The maximum Gasteiger partial charge on any atom is 0.246 e. The number of likely N-dealkylation sites (N-methyl/N-ethyl adjacent to an activating group) is 1. The Bertz CT molecular complexity index is 458. The van der Waals surface area contributed by atoms with Crippen LogP contribution >= 0.6 is 0 Å². The first kappa shape index (κ1) is 11.8. The van der Waals surface area contributed by atoms with Crippen LogP contribution in [0.5, 0.6) is 0 Å². The summed E-state index contributed by atoms with van der Waals surface area (Å²) in [6.07, 6.45) is 0.443. The molecule has 1 rings (SSSR count). The predicted octanol–water partition coefficient (Wildman–Crippen LogP) is 0.645. The summed E-state index contributed by atoms with van der Waals surface area (Å²) in [6, 6.07) is 5.03. The summed E-state index contributed by atoms with van der Waals surface area (Å²) in [5.41, 5.74) is 0. The van der Waals surface area contributed by atoms with Gasteiger partial charge in [-0.15, -0.1) is 0 Å². The molecule has 0 fully saturated rings. The Balaban J connectivity index is 3.17. The summed E-state index contributed by atoms with van der Waals surface area (Å²) in [7, 11) is -2.69. The van der Waals surface area contributed by atoms with Crippen molar-refractivity contribution in [2.75, 3.05) is 13.6 Å². The quantitative estimate of drug-likeness (QED) is 0.715. The molecule has 6 heteroatoms. The molecule has 0 aliphatic heterocycles. The first-order valence-electron chi connectivity index (χ1n) is 4.14. The Morgan fingerprint density at radius 3 is 2.53 bits per heavy atom. The number of sulfonamides is 1. The van der Waals surface area contributed by atoms with Gasteiger partial charge in [0.2, 0.25) is 10.0 Å². The molecule has 0 saturated heterocycles. The van der Waals surface area contributed by atoms with Crippen molar-refractivity contribution in [3.63, 3.8) is 0 Å². The van der Waals surface area contributed by atoms with Gasteiger partial charge < -0.3 is 4.79 Å². The van der Waals surface area contributed by atoms with Gasteiger partial charge in [-0.3, -0.25) is 0 Å². The van der Waals surface area contributed by atoms with Crippen molar-refractivity contribution in [2.45, 2.75) is 4.90 Å².